The van der Waals surface area contributed by atoms with Crippen LogP contribution in [0.3, 0.4) is 0 Å². The molecule has 0 saturated heterocycles. The molecule has 0 radical (unpaired) electrons. The smallest absolute Gasteiger partial charge is 0.0457 e. The first-order valence-electron chi connectivity index (χ1n) is 6.22. The van der Waals surface area contributed by atoms with Crippen LogP contribution in [0.25, 0.3) is 10.9 Å². The van der Waals surface area contributed by atoms with Crippen molar-refractivity contribution in [2.45, 2.75) is 31.1 Å². The van der Waals surface area contributed by atoms with Crippen molar-refractivity contribution < 1.29 is 0 Å². The number of nitrogens with one attached hydrogen (secondary N) is 1. The summed E-state index contributed by atoms with van der Waals surface area (Å²) in [5.41, 5.74) is 8.89. The van der Waals surface area contributed by atoms with Gasteiger partial charge in [0.25, 0.3) is 0 Å². The molecule has 1 aromatic carbocycles. The first-order chi connectivity index (χ1) is 8.25. The van der Waals surface area contributed by atoms with Gasteiger partial charge in [0.1, 0.15) is 0 Å². The molecular formula is C14H17BrN2. The molecule has 0 aliphatic heterocycles. The van der Waals surface area contributed by atoms with Crippen LogP contribution in [0.4, 0.5) is 0 Å². The normalized spacial score (nSPS) is 18.9. The first-order valence-corrected chi connectivity index (χ1v) is 7.02. The Morgan fingerprint density at radius 2 is 2.06 bits per heavy atom. The molecule has 0 atom stereocenters. The fraction of sp³-hybridized carbons (Fsp3) is 0.429. The van der Waals surface area contributed by atoms with Crippen molar-refractivity contribution >= 4 is 26.8 Å². The number of nitrogens with two attached hydrogens (primary N) is 1. The second kappa shape index (κ2) is 4.14. The van der Waals surface area contributed by atoms with Gasteiger partial charge in [-0.05, 0) is 36.6 Å². The van der Waals surface area contributed by atoms with E-state index in [2.05, 4.69) is 45.3 Å². The van der Waals surface area contributed by atoms with Crippen molar-refractivity contribution in [3.63, 3.8) is 0 Å². The van der Waals surface area contributed by atoms with Crippen LogP contribution in [0, 0.1) is 0 Å². The van der Waals surface area contributed by atoms with Crippen LogP contribution < -0.4 is 5.73 Å². The fourth-order valence-electron chi connectivity index (χ4n) is 3.17. The highest BCUT2D eigenvalue weighted by atomic mass is 79.9. The quantitative estimate of drug-likeness (QED) is 0.871. The van der Waals surface area contributed by atoms with Gasteiger partial charge in [0.15, 0.2) is 0 Å². The predicted molar refractivity (Wildman–Crippen MR) is 75.2 cm³/mol. The van der Waals surface area contributed by atoms with E-state index >= 15 is 0 Å². The first kappa shape index (κ1) is 11.3. The highest BCUT2D eigenvalue weighted by molar-refractivity contribution is 9.10. The number of H-pyrrole nitrogens is 1. The second-order valence-electron chi connectivity index (χ2n) is 5.08. The molecule has 3 rings (SSSR count). The number of halogens is 1. The van der Waals surface area contributed by atoms with Crippen LogP contribution in [0.2, 0.25) is 0 Å². The van der Waals surface area contributed by atoms with Gasteiger partial charge in [0, 0.05) is 33.5 Å². The Balaban J connectivity index is 2.19. The topological polar surface area (TPSA) is 41.8 Å². The van der Waals surface area contributed by atoms with Gasteiger partial charge in [0.05, 0.1) is 0 Å². The highest BCUT2D eigenvalue weighted by Crippen LogP contribution is 2.43. The lowest BCUT2D eigenvalue weighted by Crippen LogP contribution is -2.31. The Morgan fingerprint density at radius 3 is 2.76 bits per heavy atom. The molecule has 0 amide bonds. The molecule has 2 nitrogen and oxygen atoms in total. The Morgan fingerprint density at radius 1 is 1.29 bits per heavy atom. The van der Waals surface area contributed by atoms with Crippen molar-refractivity contribution in [1.29, 1.82) is 0 Å². The molecule has 0 spiro atoms. The maximum atomic E-state index is 6.06. The average molecular weight is 293 g/mol. The molecular weight excluding hydrogens is 276 g/mol. The van der Waals surface area contributed by atoms with Gasteiger partial charge in [-0.15, -0.1) is 0 Å². The third-order valence-corrected chi connectivity index (χ3v) is 4.66. The van der Waals surface area contributed by atoms with Crippen LogP contribution in [0.5, 0.6) is 0 Å². The third-order valence-electron chi connectivity index (χ3n) is 4.17. The van der Waals surface area contributed by atoms with Crippen molar-refractivity contribution in [3.8, 4) is 0 Å². The van der Waals surface area contributed by atoms with E-state index in [1.54, 1.807) is 0 Å². The van der Waals surface area contributed by atoms with Crippen LogP contribution in [-0.2, 0) is 5.41 Å². The Hall–Kier alpha value is -0.800. The molecule has 3 N–H and O–H groups in total. The molecule has 1 aromatic heterocycles. The molecule has 1 fully saturated rings. The van der Waals surface area contributed by atoms with E-state index in [0.29, 0.717) is 0 Å². The number of aromatic amines is 1. The van der Waals surface area contributed by atoms with Crippen LogP contribution in [0.1, 0.15) is 31.2 Å². The number of rotatable bonds is 2. The molecule has 0 unspecified atom stereocenters. The zero-order valence-electron chi connectivity index (χ0n) is 9.80. The van der Waals surface area contributed by atoms with Crippen LogP contribution in [-0.4, -0.2) is 11.5 Å². The van der Waals surface area contributed by atoms with Crippen molar-refractivity contribution in [2.75, 3.05) is 6.54 Å². The van der Waals surface area contributed by atoms with E-state index < -0.39 is 0 Å². The van der Waals surface area contributed by atoms with Crippen molar-refractivity contribution in [2.24, 2.45) is 5.73 Å². The summed E-state index contributed by atoms with van der Waals surface area (Å²) >= 11 is 3.55. The van der Waals surface area contributed by atoms with Gasteiger partial charge >= 0.3 is 0 Å². The lowest BCUT2D eigenvalue weighted by atomic mass is 9.79. The minimum Gasteiger partial charge on any atom is -0.361 e. The zero-order chi connectivity index (χ0) is 11.9. The standard InChI is InChI=1S/C14H17BrN2/c15-10-3-4-13-11(7-10)12(8-17-13)14(9-16)5-1-2-6-14/h3-4,7-8,17H,1-2,5-6,9,16H2. The minimum absolute atomic E-state index is 0.207. The summed E-state index contributed by atoms with van der Waals surface area (Å²) in [6.45, 7) is 0.756. The van der Waals surface area contributed by atoms with Crippen LogP contribution in [0.15, 0.2) is 28.9 Å². The summed E-state index contributed by atoms with van der Waals surface area (Å²) < 4.78 is 1.14. The lowest BCUT2D eigenvalue weighted by molar-refractivity contribution is 0.457. The van der Waals surface area contributed by atoms with E-state index in [4.69, 9.17) is 5.73 Å². The van der Waals surface area contributed by atoms with Gasteiger partial charge in [-0.25, -0.2) is 0 Å². The number of aromatic nitrogens is 1. The van der Waals surface area contributed by atoms with E-state index in [1.807, 2.05) is 0 Å². The number of fused-ring (bicyclic) bond motifs is 1. The Bertz CT molecular complexity index is 538. The molecule has 1 saturated carbocycles. The van der Waals surface area contributed by atoms with Gasteiger partial charge in [-0.3, -0.25) is 0 Å². The van der Waals surface area contributed by atoms with Gasteiger partial charge in [-0.2, -0.15) is 0 Å². The van der Waals surface area contributed by atoms with E-state index in [1.165, 1.54) is 42.1 Å². The summed E-state index contributed by atoms with van der Waals surface area (Å²) in [5, 5.41) is 1.33. The SMILES string of the molecule is NCC1(c2c[nH]c3ccc(Br)cc23)CCCC1. The highest BCUT2D eigenvalue weighted by Gasteiger charge is 2.36. The predicted octanol–water partition coefficient (Wildman–Crippen LogP) is 3.70. The number of hydrogen-bond acceptors (Lipinski definition) is 1. The molecule has 17 heavy (non-hydrogen) atoms. The van der Waals surface area contributed by atoms with Crippen molar-refractivity contribution in [1.82, 2.24) is 4.98 Å². The summed E-state index contributed by atoms with van der Waals surface area (Å²) in [4.78, 5) is 3.37. The fourth-order valence-corrected chi connectivity index (χ4v) is 3.53. The molecule has 1 aliphatic carbocycles. The number of benzene rings is 1. The molecule has 2 aromatic rings. The average Bonchev–Trinajstić information content (AvgIpc) is 2.94. The van der Waals surface area contributed by atoms with E-state index in [9.17, 15) is 0 Å². The molecule has 1 heterocycles. The van der Waals surface area contributed by atoms with Gasteiger partial charge in [-0.1, -0.05) is 28.8 Å². The third kappa shape index (κ3) is 1.72. The number of hydrogen-bond donors (Lipinski definition) is 2. The molecule has 0 bridgehead atoms. The zero-order valence-corrected chi connectivity index (χ0v) is 11.4. The second-order valence-corrected chi connectivity index (χ2v) is 6.00. The molecule has 1 aliphatic rings. The summed E-state index contributed by atoms with van der Waals surface area (Å²) in [5.74, 6) is 0. The van der Waals surface area contributed by atoms with Gasteiger partial charge in [0.2, 0.25) is 0 Å². The maximum absolute atomic E-state index is 6.06. The van der Waals surface area contributed by atoms with E-state index in [0.717, 1.165) is 11.0 Å². The van der Waals surface area contributed by atoms with Crippen LogP contribution >= 0.6 is 15.9 Å². The monoisotopic (exact) mass is 292 g/mol. The summed E-state index contributed by atoms with van der Waals surface area (Å²) in [6, 6.07) is 6.41. The van der Waals surface area contributed by atoms with E-state index in [-0.39, 0.29) is 5.41 Å². The summed E-state index contributed by atoms with van der Waals surface area (Å²) in [7, 11) is 0. The largest absolute Gasteiger partial charge is 0.361 e. The molecule has 3 heteroatoms. The summed E-state index contributed by atoms with van der Waals surface area (Å²) in [6.07, 6.45) is 7.22. The van der Waals surface area contributed by atoms with Gasteiger partial charge < -0.3 is 10.7 Å². The molecule has 90 valence electrons. The Labute approximate surface area is 110 Å². The maximum Gasteiger partial charge on any atom is 0.0457 e. The Kier molecular flexibility index (Phi) is 2.75. The minimum atomic E-state index is 0.207. The lowest BCUT2D eigenvalue weighted by Gasteiger charge is -2.27. The van der Waals surface area contributed by atoms with Crippen molar-refractivity contribution in [3.05, 3.63) is 34.4 Å².